The van der Waals surface area contributed by atoms with Gasteiger partial charge in [0.15, 0.2) is 0 Å². The Labute approximate surface area is 224 Å². The van der Waals surface area contributed by atoms with Crippen LogP contribution in [0.5, 0.6) is 5.75 Å². The molecule has 0 unspecified atom stereocenters. The number of imidazole rings is 1. The van der Waals surface area contributed by atoms with Crippen LogP contribution in [0.15, 0.2) is 48.9 Å². The number of rotatable bonds is 4. The fraction of sp³-hybridized carbons (Fsp3) is 0.345. The van der Waals surface area contributed by atoms with E-state index in [2.05, 4.69) is 16.5 Å². The molecule has 0 N–H and O–H groups in total. The van der Waals surface area contributed by atoms with Crippen LogP contribution in [-0.2, 0) is 6.54 Å². The molecule has 200 valence electrons. The van der Waals surface area contributed by atoms with E-state index < -0.39 is 18.5 Å². The minimum atomic E-state index is -3.33. The lowest BCUT2D eigenvalue weighted by atomic mass is 9.96. The van der Waals surface area contributed by atoms with Gasteiger partial charge in [-0.25, -0.2) is 9.37 Å². The number of likely N-dealkylation sites (tertiary alicyclic amines) is 1. The van der Waals surface area contributed by atoms with Gasteiger partial charge in [0.25, 0.3) is 0 Å². The van der Waals surface area contributed by atoms with Crippen LogP contribution in [0.4, 0.5) is 18.9 Å². The quantitative estimate of drug-likeness (QED) is 0.344. The maximum absolute atomic E-state index is 14.8. The molecule has 0 saturated carbocycles. The van der Waals surface area contributed by atoms with E-state index in [4.69, 9.17) is 14.7 Å². The van der Waals surface area contributed by atoms with Gasteiger partial charge >= 0.3 is 6.11 Å². The summed E-state index contributed by atoms with van der Waals surface area (Å²) in [6, 6.07) is 11.3. The number of ether oxygens (including phenoxy) is 1. The van der Waals surface area contributed by atoms with E-state index in [-0.39, 0.29) is 11.3 Å². The minimum Gasteiger partial charge on any atom is -0.429 e. The second kappa shape index (κ2) is 9.58. The van der Waals surface area contributed by atoms with Crippen molar-refractivity contribution in [1.82, 2.24) is 19.4 Å². The van der Waals surface area contributed by atoms with Gasteiger partial charge in [0.1, 0.15) is 29.7 Å². The molecule has 1 saturated heterocycles. The summed E-state index contributed by atoms with van der Waals surface area (Å²) >= 11 is 0. The van der Waals surface area contributed by atoms with Crippen LogP contribution < -0.4 is 9.64 Å². The number of hydrogen-bond acceptors (Lipinski definition) is 6. The summed E-state index contributed by atoms with van der Waals surface area (Å²) in [4.78, 5) is 13.2. The third kappa shape index (κ3) is 4.68. The van der Waals surface area contributed by atoms with Crippen LogP contribution in [0.3, 0.4) is 0 Å². The zero-order chi connectivity index (χ0) is 27.3. The van der Waals surface area contributed by atoms with E-state index in [1.165, 1.54) is 23.1 Å². The lowest BCUT2D eigenvalue weighted by Crippen LogP contribution is -2.43. The lowest BCUT2D eigenvalue weighted by molar-refractivity contribution is -0.171. The molecule has 4 aromatic rings. The van der Waals surface area contributed by atoms with Crippen molar-refractivity contribution in [1.29, 1.82) is 5.26 Å². The Morgan fingerprint density at radius 1 is 1.08 bits per heavy atom. The molecule has 2 aromatic carbocycles. The standard InChI is InChI=1S/C29H27F3N6O/c1-36-9-7-18(8-10-36)15-38-17-35-28-24(38)14-34-27(26(28)19-3-4-21(13-33)22(30)11-19)20-5-6-23-25(12-20)39-29(31,32)16-37(23)2/h3-6,11-12,14,17-18H,7-10,15-16H2,1-2H3. The molecule has 0 radical (unpaired) electrons. The largest absolute Gasteiger partial charge is 0.429 e. The molecule has 0 bridgehead atoms. The van der Waals surface area contributed by atoms with E-state index in [9.17, 15) is 18.4 Å². The first kappa shape index (κ1) is 25.2. The first-order valence-electron chi connectivity index (χ1n) is 12.9. The monoisotopic (exact) mass is 532 g/mol. The van der Waals surface area contributed by atoms with E-state index in [1.807, 2.05) is 6.07 Å². The molecule has 7 nitrogen and oxygen atoms in total. The van der Waals surface area contributed by atoms with Crippen LogP contribution in [-0.4, -0.2) is 59.3 Å². The molecular formula is C29H27F3N6O. The fourth-order valence-corrected chi connectivity index (χ4v) is 5.56. The SMILES string of the molecule is CN1CCC(Cn2cnc3c(-c4ccc(C#N)c(F)c4)c(-c4ccc5c(c4)OC(F)(F)CN5C)ncc32)CC1. The molecule has 1 fully saturated rings. The molecule has 2 aromatic heterocycles. The number of halogens is 3. The van der Waals surface area contributed by atoms with Gasteiger partial charge < -0.3 is 19.1 Å². The normalized spacial score (nSPS) is 17.6. The first-order chi connectivity index (χ1) is 18.7. The van der Waals surface area contributed by atoms with Crippen molar-refractivity contribution < 1.29 is 17.9 Å². The summed E-state index contributed by atoms with van der Waals surface area (Å²) < 4.78 is 50.3. The van der Waals surface area contributed by atoms with Crippen LogP contribution in [0.1, 0.15) is 18.4 Å². The Balaban J connectivity index is 1.49. The van der Waals surface area contributed by atoms with Gasteiger partial charge in [-0.3, -0.25) is 4.98 Å². The van der Waals surface area contributed by atoms with Gasteiger partial charge in [-0.2, -0.15) is 14.0 Å². The fourth-order valence-electron chi connectivity index (χ4n) is 5.56. The molecule has 6 rings (SSSR count). The van der Waals surface area contributed by atoms with E-state index in [1.54, 1.807) is 37.8 Å². The predicted octanol–water partition coefficient (Wildman–Crippen LogP) is 5.54. The number of likely N-dealkylation sites (N-methyl/N-ethyl adjacent to an activating group) is 1. The molecule has 2 aliphatic rings. The number of aromatic nitrogens is 3. The Morgan fingerprint density at radius 3 is 2.59 bits per heavy atom. The highest BCUT2D eigenvalue weighted by atomic mass is 19.3. The molecule has 0 spiro atoms. The maximum Gasteiger partial charge on any atom is 0.415 e. The highest BCUT2D eigenvalue weighted by Crippen LogP contribution is 2.43. The molecule has 4 heterocycles. The number of alkyl halides is 2. The van der Waals surface area contributed by atoms with Crippen molar-refractivity contribution in [2.24, 2.45) is 5.92 Å². The summed E-state index contributed by atoms with van der Waals surface area (Å²) in [5, 5.41) is 9.24. The van der Waals surface area contributed by atoms with Gasteiger partial charge in [-0.15, -0.1) is 0 Å². The second-order valence-corrected chi connectivity index (χ2v) is 10.4. The van der Waals surface area contributed by atoms with Crippen molar-refractivity contribution in [2.45, 2.75) is 25.5 Å². The molecule has 0 aliphatic carbocycles. The second-order valence-electron chi connectivity index (χ2n) is 10.4. The Morgan fingerprint density at radius 2 is 1.85 bits per heavy atom. The number of nitrogens with zero attached hydrogens (tertiary/aromatic N) is 6. The Kier molecular flexibility index (Phi) is 6.19. The summed E-state index contributed by atoms with van der Waals surface area (Å²) in [5.41, 5.74) is 3.94. The van der Waals surface area contributed by atoms with Crippen molar-refractivity contribution in [3.05, 3.63) is 60.3 Å². The Bertz CT molecular complexity index is 1600. The molecule has 10 heteroatoms. The molecule has 0 atom stereocenters. The third-order valence-corrected chi connectivity index (χ3v) is 7.66. The van der Waals surface area contributed by atoms with Gasteiger partial charge in [0, 0.05) is 24.7 Å². The van der Waals surface area contributed by atoms with Crippen molar-refractivity contribution in [3.8, 4) is 34.2 Å². The van der Waals surface area contributed by atoms with E-state index >= 15 is 0 Å². The van der Waals surface area contributed by atoms with Crippen LogP contribution in [0, 0.1) is 23.1 Å². The van der Waals surface area contributed by atoms with Gasteiger partial charge in [0.2, 0.25) is 0 Å². The van der Waals surface area contributed by atoms with Crippen LogP contribution in [0.2, 0.25) is 0 Å². The number of pyridine rings is 1. The van der Waals surface area contributed by atoms with Crippen LogP contribution in [0.25, 0.3) is 33.4 Å². The molecule has 39 heavy (non-hydrogen) atoms. The summed E-state index contributed by atoms with van der Waals surface area (Å²) in [6.07, 6.45) is 2.36. The highest BCUT2D eigenvalue weighted by Gasteiger charge is 2.39. The average Bonchev–Trinajstić information content (AvgIpc) is 3.31. The lowest BCUT2D eigenvalue weighted by Gasteiger charge is -2.33. The number of benzene rings is 2. The predicted molar refractivity (Wildman–Crippen MR) is 142 cm³/mol. The third-order valence-electron chi connectivity index (χ3n) is 7.66. The number of nitriles is 1. The van der Waals surface area contributed by atoms with E-state index in [0.29, 0.717) is 39.5 Å². The molecule has 2 aliphatic heterocycles. The average molecular weight is 533 g/mol. The van der Waals surface area contributed by atoms with Gasteiger partial charge in [-0.1, -0.05) is 12.1 Å². The summed E-state index contributed by atoms with van der Waals surface area (Å²) in [7, 11) is 3.71. The summed E-state index contributed by atoms with van der Waals surface area (Å²) in [6.45, 7) is 2.34. The molecule has 0 amide bonds. The zero-order valence-electron chi connectivity index (χ0n) is 21.7. The Hall–Kier alpha value is -4.10. The van der Waals surface area contributed by atoms with E-state index in [0.717, 1.165) is 38.0 Å². The summed E-state index contributed by atoms with van der Waals surface area (Å²) in [5.74, 6) is -0.109. The molecular weight excluding hydrogens is 505 g/mol. The van der Waals surface area contributed by atoms with Gasteiger partial charge in [-0.05, 0) is 68.7 Å². The van der Waals surface area contributed by atoms with Crippen molar-refractivity contribution in [2.75, 3.05) is 38.6 Å². The number of piperidine rings is 1. The van der Waals surface area contributed by atoms with Crippen molar-refractivity contribution in [3.63, 3.8) is 0 Å². The number of anilines is 1. The maximum atomic E-state index is 14.8. The van der Waals surface area contributed by atoms with Crippen LogP contribution >= 0.6 is 0 Å². The number of fused-ring (bicyclic) bond motifs is 2. The van der Waals surface area contributed by atoms with Gasteiger partial charge in [0.05, 0.1) is 35.0 Å². The zero-order valence-corrected chi connectivity index (χ0v) is 21.7. The topological polar surface area (TPSA) is 70.2 Å². The number of hydrogen-bond donors (Lipinski definition) is 0. The van der Waals surface area contributed by atoms with Crippen molar-refractivity contribution >= 4 is 16.7 Å². The smallest absolute Gasteiger partial charge is 0.415 e. The highest BCUT2D eigenvalue weighted by molar-refractivity contribution is 5.99. The minimum absolute atomic E-state index is 0.0397. The first-order valence-corrected chi connectivity index (χ1v) is 12.9.